The lowest BCUT2D eigenvalue weighted by Gasteiger charge is -2.05. The predicted octanol–water partition coefficient (Wildman–Crippen LogP) is 4.83. The predicted molar refractivity (Wildman–Crippen MR) is 116 cm³/mol. The van der Waals surface area contributed by atoms with E-state index in [2.05, 4.69) is 10.5 Å². The summed E-state index contributed by atoms with van der Waals surface area (Å²) in [6.45, 7) is 1.98. The Labute approximate surface area is 177 Å². The standard InChI is InChI=1S/C22H19N3O4S/c1-15-3-10-19(11-4-15)30-21-12-5-16(13-20(21)25(27)28)14-23-24-22(26)17-6-8-18(29-2)9-7-17/h3-14H,1-2H3,(H,24,26)/b23-14+. The lowest BCUT2D eigenvalue weighted by molar-refractivity contribution is -0.387. The van der Waals surface area contributed by atoms with Crippen LogP contribution in [0, 0.1) is 17.0 Å². The van der Waals surface area contributed by atoms with E-state index in [9.17, 15) is 14.9 Å². The summed E-state index contributed by atoms with van der Waals surface area (Å²) >= 11 is 1.32. The summed E-state index contributed by atoms with van der Waals surface area (Å²) in [5.41, 5.74) is 4.43. The van der Waals surface area contributed by atoms with Gasteiger partial charge in [0, 0.05) is 22.1 Å². The van der Waals surface area contributed by atoms with Gasteiger partial charge in [-0.2, -0.15) is 5.10 Å². The number of aryl methyl sites for hydroxylation is 1. The van der Waals surface area contributed by atoms with Crippen LogP contribution in [-0.4, -0.2) is 24.2 Å². The summed E-state index contributed by atoms with van der Waals surface area (Å²) in [4.78, 5) is 24.6. The largest absolute Gasteiger partial charge is 0.497 e. The van der Waals surface area contributed by atoms with Gasteiger partial charge >= 0.3 is 0 Å². The second-order valence-electron chi connectivity index (χ2n) is 6.33. The lowest BCUT2D eigenvalue weighted by Crippen LogP contribution is -2.17. The van der Waals surface area contributed by atoms with Gasteiger partial charge in [0.2, 0.25) is 0 Å². The van der Waals surface area contributed by atoms with Crippen LogP contribution >= 0.6 is 11.8 Å². The fourth-order valence-electron chi connectivity index (χ4n) is 2.55. The molecule has 3 rings (SSSR count). The maximum absolute atomic E-state index is 12.1. The van der Waals surface area contributed by atoms with Crippen molar-refractivity contribution in [1.82, 2.24) is 5.43 Å². The molecule has 0 aromatic heterocycles. The zero-order valence-corrected chi connectivity index (χ0v) is 17.2. The molecule has 0 fully saturated rings. The minimum atomic E-state index is -0.427. The zero-order valence-electron chi connectivity index (χ0n) is 16.4. The van der Waals surface area contributed by atoms with Gasteiger partial charge in [0.25, 0.3) is 11.6 Å². The Morgan fingerprint density at radius 3 is 2.43 bits per heavy atom. The molecule has 8 heteroatoms. The molecule has 0 aliphatic heterocycles. The maximum atomic E-state index is 12.1. The van der Waals surface area contributed by atoms with E-state index in [4.69, 9.17) is 4.74 Å². The monoisotopic (exact) mass is 421 g/mol. The second kappa shape index (κ2) is 9.71. The van der Waals surface area contributed by atoms with Crippen LogP contribution < -0.4 is 10.2 Å². The molecular formula is C22H19N3O4S. The number of nitro groups is 1. The number of hydrazone groups is 1. The first-order valence-corrected chi connectivity index (χ1v) is 9.78. The number of nitrogens with zero attached hydrogens (tertiary/aromatic N) is 2. The molecule has 0 aliphatic carbocycles. The highest BCUT2D eigenvalue weighted by Crippen LogP contribution is 2.35. The van der Waals surface area contributed by atoms with Gasteiger partial charge < -0.3 is 4.74 Å². The number of methoxy groups -OCH3 is 1. The van der Waals surface area contributed by atoms with Gasteiger partial charge in [0.1, 0.15) is 5.75 Å². The number of benzene rings is 3. The van der Waals surface area contributed by atoms with Gasteiger partial charge in [-0.05, 0) is 49.4 Å². The lowest BCUT2D eigenvalue weighted by atomic mass is 10.2. The molecule has 0 unspecified atom stereocenters. The third-order valence-electron chi connectivity index (χ3n) is 4.16. The topological polar surface area (TPSA) is 93.8 Å². The molecule has 3 aromatic carbocycles. The molecule has 0 radical (unpaired) electrons. The molecular weight excluding hydrogens is 402 g/mol. The highest BCUT2D eigenvalue weighted by molar-refractivity contribution is 7.99. The number of nitro benzene ring substituents is 1. The third-order valence-corrected chi connectivity index (χ3v) is 5.23. The van der Waals surface area contributed by atoms with Crippen molar-refractivity contribution in [2.24, 2.45) is 5.10 Å². The SMILES string of the molecule is COc1ccc(C(=O)N/N=C/c2ccc(Sc3ccc(C)cc3)c([N+](=O)[O-])c2)cc1. The second-order valence-corrected chi connectivity index (χ2v) is 7.44. The number of ether oxygens (including phenoxy) is 1. The van der Waals surface area contributed by atoms with Crippen molar-refractivity contribution in [1.29, 1.82) is 0 Å². The van der Waals surface area contributed by atoms with Crippen LogP contribution in [0.1, 0.15) is 21.5 Å². The number of amides is 1. The molecule has 0 heterocycles. The number of hydrogen-bond acceptors (Lipinski definition) is 6. The van der Waals surface area contributed by atoms with Crippen molar-refractivity contribution in [2.45, 2.75) is 16.7 Å². The van der Waals surface area contributed by atoms with Crippen LogP contribution in [0.25, 0.3) is 0 Å². The molecule has 0 aliphatic rings. The van der Waals surface area contributed by atoms with Gasteiger partial charge in [-0.25, -0.2) is 5.43 Å². The normalized spacial score (nSPS) is 10.7. The van der Waals surface area contributed by atoms with Crippen LogP contribution in [-0.2, 0) is 0 Å². The van der Waals surface area contributed by atoms with E-state index in [0.717, 1.165) is 10.5 Å². The van der Waals surface area contributed by atoms with Gasteiger partial charge in [-0.1, -0.05) is 35.5 Å². The fraction of sp³-hybridized carbons (Fsp3) is 0.0909. The third kappa shape index (κ3) is 5.45. The molecule has 7 nitrogen and oxygen atoms in total. The maximum Gasteiger partial charge on any atom is 0.283 e. The van der Waals surface area contributed by atoms with E-state index in [0.29, 0.717) is 21.8 Å². The summed E-state index contributed by atoms with van der Waals surface area (Å²) in [7, 11) is 1.54. The average Bonchev–Trinajstić information content (AvgIpc) is 2.76. The summed E-state index contributed by atoms with van der Waals surface area (Å²) in [6.07, 6.45) is 1.37. The van der Waals surface area contributed by atoms with Crippen LogP contribution in [0.3, 0.4) is 0 Å². The van der Waals surface area contributed by atoms with E-state index >= 15 is 0 Å². The molecule has 0 spiro atoms. The van der Waals surface area contributed by atoms with Gasteiger partial charge in [-0.15, -0.1) is 0 Å². The Kier molecular flexibility index (Phi) is 6.82. The van der Waals surface area contributed by atoms with E-state index in [1.807, 2.05) is 31.2 Å². The van der Waals surface area contributed by atoms with Crippen LogP contribution in [0.2, 0.25) is 0 Å². The first-order chi connectivity index (χ1) is 14.5. The van der Waals surface area contributed by atoms with Gasteiger partial charge in [0.05, 0.1) is 23.1 Å². The first kappa shape index (κ1) is 21.1. The summed E-state index contributed by atoms with van der Waals surface area (Å²) in [5.74, 6) is 0.251. The van der Waals surface area contributed by atoms with Crippen molar-refractivity contribution in [2.75, 3.05) is 7.11 Å². The van der Waals surface area contributed by atoms with E-state index < -0.39 is 10.8 Å². The molecule has 0 saturated carbocycles. The molecule has 1 N–H and O–H groups in total. The molecule has 3 aromatic rings. The Morgan fingerprint density at radius 2 is 1.80 bits per heavy atom. The van der Waals surface area contributed by atoms with Crippen molar-refractivity contribution < 1.29 is 14.5 Å². The molecule has 152 valence electrons. The average molecular weight is 421 g/mol. The Balaban J connectivity index is 1.71. The number of carbonyl (C=O) groups excluding carboxylic acids is 1. The zero-order chi connectivity index (χ0) is 21.5. The van der Waals surface area contributed by atoms with E-state index in [1.165, 1.54) is 24.0 Å². The van der Waals surface area contributed by atoms with Gasteiger partial charge in [-0.3, -0.25) is 14.9 Å². The van der Waals surface area contributed by atoms with Gasteiger partial charge in [0.15, 0.2) is 0 Å². The Morgan fingerprint density at radius 1 is 1.10 bits per heavy atom. The number of hydrogen-bond donors (Lipinski definition) is 1. The van der Waals surface area contributed by atoms with E-state index in [-0.39, 0.29) is 5.69 Å². The van der Waals surface area contributed by atoms with Crippen molar-refractivity contribution in [3.63, 3.8) is 0 Å². The van der Waals surface area contributed by atoms with Crippen LogP contribution in [0.4, 0.5) is 5.69 Å². The molecule has 0 bridgehead atoms. The molecule has 30 heavy (non-hydrogen) atoms. The highest BCUT2D eigenvalue weighted by atomic mass is 32.2. The summed E-state index contributed by atoms with van der Waals surface area (Å²) in [6, 6.07) is 19.2. The van der Waals surface area contributed by atoms with Crippen LogP contribution in [0.15, 0.2) is 81.6 Å². The number of carbonyl (C=O) groups is 1. The van der Waals surface area contributed by atoms with Crippen molar-refractivity contribution >= 4 is 29.6 Å². The van der Waals surface area contributed by atoms with Crippen molar-refractivity contribution in [3.8, 4) is 5.75 Å². The molecule has 0 saturated heterocycles. The molecule has 0 atom stereocenters. The number of rotatable bonds is 7. The quantitative estimate of drug-likeness (QED) is 0.335. The van der Waals surface area contributed by atoms with Crippen LogP contribution in [0.5, 0.6) is 5.75 Å². The summed E-state index contributed by atoms with van der Waals surface area (Å²) in [5, 5.41) is 15.4. The fourth-order valence-corrected chi connectivity index (χ4v) is 3.45. The Bertz CT molecular complexity index is 1080. The smallest absolute Gasteiger partial charge is 0.283 e. The van der Waals surface area contributed by atoms with Crippen molar-refractivity contribution in [3.05, 3.63) is 93.5 Å². The molecule has 1 amide bonds. The summed E-state index contributed by atoms with van der Waals surface area (Å²) < 4.78 is 5.05. The van der Waals surface area contributed by atoms with E-state index in [1.54, 1.807) is 43.5 Å². The minimum absolute atomic E-state index is 0.0222. The number of nitrogens with one attached hydrogen (secondary N) is 1. The highest BCUT2D eigenvalue weighted by Gasteiger charge is 2.15. The first-order valence-electron chi connectivity index (χ1n) is 8.96. The Hall–Kier alpha value is -3.65. The minimum Gasteiger partial charge on any atom is -0.497 e.